The maximum atomic E-state index is 14.0. The molecular formula is C22H20FN3O3S. The van der Waals surface area contributed by atoms with Crippen LogP contribution < -0.4 is 0 Å². The second kappa shape index (κ2) is 7.95. The van der Waals surface area contributed by atoms with Crippen LogP contribution in [0.25, 0.3) is 17.1 Å². The van der Waals surface area contributed by atoms with Gasteiger partial charge >= 0.3 is 0 Å². The van der Waals surface area contributed by atoms with E-state index in [2.05, 4.69) is 10.2 Å². The Morgan fingerprint density at radius 1 is 1.13 bits per heavy atom. The summed E-state index contributed by atoms with van der Waals surface area (Å²) in [4.78, 5) is 12.8. The van der Waals surface area contributed by atoms with Crippen LogP contribution in [0.15, 0.2) is 50.7 Å². The van der Waals surface area contributed by atoms with Gasteiger partial charge in [0, 0.05) is 22.6 Å². The van der Waals surface area contributed by atoms with Crippen molar-refractivity contribution in [3.8, 4) is 17.1 Å². The van der Waals surface area contributed by atoms with E-state index in [-0.39, 0.29) is 17.4 Å². The summed E-state index contributed by atoms with van der Waals surface area (Å²) in [5.74, 6) is 0.857. The van der Waals surface area contributed by atoms with E-state index in [1.54, 1.807) is 25.3 Å². The SMILES string of the molecule is Cc1ccc(-n2c(C)cc(C(=O)CSc3nnc(-c4ccoc4C)o3)c2C)cc1F. The van der Waals surface area contributed by atoms with Crippen LogP contribution in [0, 0.1) is 33.5 Å². The van der Waals surface area contributed by atoms with Crippen LogP contribution in [0.2, 0.25) is 0 Å². The van der Waals surface area contributed by atoms with Gasteiger partial charge in [0.2, 0.25) is 0 Å². The largest absolute Gasteiger partial charge is 0.469 e. The molecule has 3 aromatic heterocycles. The van der Waals surface area contributed by atoms with Gasteiger partial charge in [0.1, 0.15) is 11.6 Å². The molecule has 0 fully saturated rings. The van der Waals surface area contributed by atoms with E-state index in [0.717, 1.165) is 17.0 Å². The smallest absolute Gasteiger partial charge is 0.277 e. The van der Waals surface area contributed by atoms with Crippen molar-refractivity contribution in [2.75, 3.05) is 5.75 Å². The minimum Gasteiger partial charge on any atom is -0.469 e. The third-order valence-corrected chi connectivity index (χ3v) is 5.79. The number of carbonyl (C=O) groups excluding carboxylic acids is 1. The molecule has 3 heterocycles. The van der Waals surface area contributed by atoms with Crippen LogP contribution in [0.5, 0.6) is 0 Å². The van der Waals surface area contributed by atoms with Gasteiger partial charge in [-0.25, -0.2) is 4.39 Å². The standard InChI is InChI=1S/C22H20FN3O3S/c1-12-5-6-16(10-19(12)23)26-13(2)9-18(14(26)3)20(27)11-30-22-25-24-21(29-22)17-7-8-28-15(17)4/h5-10H,11H2,1-4H3. The Kier molecular flexibility index (Phi) is 5.34. The molecule has 0 saturated heterocycles. The van der Waals surface area contributed by atoms with Gasteiger partial charge in [0.25, 0.3) is 11.1 Å². The zero-order valence-corrected chi connectivity index (χ0v) is 17.8. The highest BCUT2D eigenvalue weighted by atomic mass is 32.2. The molecule has 1 aromatic carbocycles. The van der Waals surface area contributed by atoms with Crippen LogP contribution in [-0.4, -0.2) is 26.3 Å². The van der Waals surface area contributed by atoms with E-state index in [1.807, 2.05) is 37.5 Å². The van der Waals surface area contributed by atoms with Crippen molar-refractivity contribution in [3.63, 3.8) is 0 Å². The lowest BCUT2D eigenvalue weighted by Crippen LogP contribution is -2.06. The van der Waals surface area contributed by atoms with E-state index in [0.29, 0.717) is 33.7 Å². The van der Waals surface area contributed by atoms with Crippen LogP contribution in [-0.2, 0) is 0 Å². The molecule has 6 nitrogen and oxygen atoms in total. The summed E-state index contributed by atoms with van der Waals surface area (Å²) in [6, 6.07) is 8.64. The van der Waals surface area contributed by atoms with E-state index < -0.39 is 0 Å². The Morgan fingerprint density at radius 2 is 1.93 bits per heavy atom. The molecule has 0 atom stereocenters. The molecule has 0 bridgehead atoms. The average Bonchev–Trinajstić information content (AvgIpc) is 3.41. The zero-order valence-electron chi connectivity index (χ0n) is 17.0. The summed E-state index contributed by atoms with van der Waals surface area (Å²) in [6.07, 6.45) is 1.56. The van der Waals surface area contributed by atoms with Crippen molar-refractivity contribution >= 4 is 17.5 Å². The highest BCUT2D eigenvalue weighted by molar-refractivity contribution is 7.99. The number of ketones is 1. The van der Waals surface area contributed by atoms with Gasteiger partial charge in [-0.2, -0.15) is 0 Å². The van der Waals surface area contributed by atoms with Crippen molar-refractivity contribution in [3.05, 3.63) is 70.7 Å². The van der Waals surface area contributed by atoms with Crippen molar-refractivity contribution in [2.45, 2.75) is 32.9 Å². The van der Waals surface area contributed by atoms with Gasteiger partial charge in [-0.1, -0.05) is 17.8 Å². The Balaban J connectivity index is 1.51. The highest BCUT2D eigenvalue weighted by Gasteiger charge is 2.19. The Hall–Kier alpha value is -3.13. The monoisotopic (exact) mass is 425 g/mol. The fraction of sp³-hybridized carbons (Fsp3) is 0.227. The second-order valence-corrected chi connectivity index (χ2v) is 7.96. The van der Waals surface area contributed by atoms with Crippen molar-refractivity contribution in [1.29, 1.82) is 0 Å². The first-order chi connectivity index (χ1) is 14.3. The molecule has 30 heavy (non-hydrogen) atoms. The Morgan fingerprint density at radius 3 is 2.63 bits per heavy atom. The van der Waals surface area contributed by atoms with Gasteiger partial charge in [-0.3, -0.25) is 4.79 Å². The molecule has 0 unspecified atom stereocenters. The van der Waals surface area contributed by atoms with Crippen molar-refractivity contribution in [1.82, 2.24) is 14.8 Å². The van der Waals surface area contributed by atoms with Crippen molar-refractivity contribution < 1.29 is 18.0 Å². The first kappa shape index (κ1) is 20.2. The minimum atomic E-state index is -0.275. The van der Waals surface area contributed by atoms with Gasteiger partial charge in [-0.05, 0) is 57.5 Å². The van der Waals surface area contributed by atoms with Crippen molar-refractivity contribution in [2.24, 2.45) is 0 Å². The summed E-state index contributed by atoms with van der Waals surface area (Å²) in [7, 11) is 0. The van der Waals surface area contributed by atoms with Crippen LogP contribution in [0.4, 0.5) is 4.39 Å². The average molecular weight is 425 g/mol. The third-order valence-electron chi connectivity index (χ3n) is 4.97. The summed E-state index contributed by atoms with van der Waals surface area (Å²) >= 11 is 1.18. The molecule has 4 rings (SSSR count). The Labute approximate surface area is 177 Å². The molecule has 0 N–H and O–H groups in total. The lowest BCUT2D eigenvalue weighted by atomic mass is 10.2. The van der Waals surface area contributed by atoms with Gasteiger partial charge < -0.3 is 13.4 Å². The van der Waals surface area contributed by atoms with Gasteiger partial charge in [0.05, 0.1) is 17.6 Å². The van der Waals surface area contributed by atoms with Gasteiger partial charge in [-0.15, -0.1) is 10.2 Å². The lowest BCUT2D eigenvalue weighted by Gasteiger charge is -2.11. The first-order valence-corrected chi connectivity index (χ1v) is 10.3. The molecule has 0 spiro atoms. The summed E-state index contributed by atoms with van der Waals surface area (Å²) < 4.78 is 26.8. The molecule has 0 amide bonds. The molecule has 154 valence electrons. The van der Waals surface area contributed by atoms with E-state index >= 15 is 0 Å². The summed E-state index contributed by atoms with van der Waals surface area (Å²) in [5.41, 5.74) is 4.22. The maximum Gasteiger partial charge on any atom is 0.277 e. The molecular weight excluding hydrogens is 405 g/mol. The van der Waals surface area contributed by atoms with E-state index in [4.69, 9.17) is 8.83 Å². The molecule has 0 aliphatic rings. The van der Waals surface area contributed by atoms with Crippen LogP contribution in [0.1, 0.15) is 33.1 Å². The zero-order chi connectivity index (χ0) is 21.4. The first-order valence-electron chi connectivity index (χ1n) is 9.34. The number of halogens is 1. The number of hydrogen-bond donors (Lipinski definition) is 0. The number of thioether (sulfide) groups is 1. The number of nitrogens with zero attached hydrogens (tertiary/aromatic N) is 3. The highest BCUT2D eigenvalue weighted by Crippen LogP contribution is 2.28. The normalized spacial score (nSPS) is 11.2. The van der Waals surface area contributed by atoms with E-state index in [1.165, 1.54) is 17.8 Å². The van der Waals surface area contributed by atoms with Gasteiger partial charge in [0.15, 0.2) is 5.78 Å². The van der Waals surface area contributed by atoms with E-state index in [9.17, 15) is 9.18 Å². The summed E-state index contributed by atoms with van der Waals surface area (Å²) in [5, 5.41) is 8.32. The fourth-order valence-corrected chi connectivity index (χ4v) is 4.00. The summed E-state index contributed by atoms with van der Waals surface area (Å²) in [6.45, 7) is 7.28. The number of furan rings is 1. The number of aryl methyl sites for hydroxylation is 3. The molecule has 0 saturated carbocycles. The fourth-order valence-electron chi connectivity index (χ4n) is 3.35. The molecule has 0 aliphatic heterocycles. The Bertz CT molecular complexity index is 1240. The number of Topliss-reactive ketones (excluding diaryl/α,β-unsaturated/α-hetero) is 1. The topological polar surface area (TPSA) is 74.1 Å². The van der Waals surface area contributed by atoms with Crippen LogP contribution in [0.3, 0.4) is 0 Å². The minimum absolute atomic E-state index is 0.0637. The number of hydrogen-bond acceptors (Lipinski definition) is 6. The molecule has 8 heteroatoms. The molecule has 0 radical (unpaired) electrons. The number of benzene rings is 1. The number of carbonyl (C=O) groups is 1. The third kappa shape index (κ3) is 3.70. The molecule has 0 aliphatic carbocycles. The number of aromatic nitrogens is 3. The maximum absolute atomic E-state index is 14.0. The number of rotatable bonds is 6. The predicted molar refractivity (Wildman–Crippen MR) is 112 cm³/mol. The lowest BCUT2D eigenvalue weighted by molar-refractivity contribution is 0.102. The molecule has 4 aromatic rings. The van der Waals surface area contributed by atoms with Crippen LogP contribution >= 0.6 is 11.8 Å². The predicted octanol–water partition coefficient (Wildman–Crippen LogP) is 5.47. The quantitative estimate of drug-likeness (QED) is 0.301. The second-order valence-electron chi connectivity index (χ2n) is 7.03.